The molecule has 0 N–H and O–H groups in total. The zero-order valence-corrected chi connectivity index (χ0v) is 19.6. The van der Waals surface area contributed by atoms with E-state index in [9.17, 15) is 13.6 Å². The number of carbonyl (C=O) groups is 1. The summed E-state index contributed by atoms with van der Waals surface area (Å²) in [5, 5.41) is 4.64. The zero-order valence-electron chi connectivity index (χ0n) is 18.9. The molecular formula is C23H24ClF2N5O3. The lowest BCUT2D eigenvalue weighted by molar-refractivity contribution is -0.139. The number of hydrogen-bond acceptors (Lipinski definition) is 7. The van der Waals surface area contributed by atoms with Crippen molar-refractivity contribution in [3.63, 3.8) is 0 Å². The van der Waals surface area contributed by atoms with E-state index in [1.807, 2.05) is 11.8 Å². The molecule has 0 unspecified atom stereocenters. The maximum absolute atomic E-state index is 14.6. The van der Waals surface area contributed by atoms with Gasteiger partial charge in [0, 0.05) is 42.6 Å². The van der Waals surface area contributed by atoms with E-state index < -0.39 is 11.6 Å². The summed E-state index contributed by atoms with van der Waals surface area (Å²) in [5.41, 5.74) is 1.82. The second-order valence-corrected chi connectivity index (χ2v) is 9.31. The van der Waals surface area contributed by atoms with Gasteiger partial charge in [0.05, 0.1) is 37.7 Å². The van der Waals surface area contributed by atoms with Gasteiger partial charge in [-0.25, -0.2) is 4.39 Å². The number of aromatic nitrogens is 3. The monoisotopic (exact) mass is 491 g/mol. The second-order valence-electron chi connectivity index (χ2n) is 8.93. The van der Waals surface area contributed by atoms with E-state index in [1.165, 1.54) is 6.07 Å². The first-order chi connectivity index (χ1) is 16.2. The van der Waals surface area contributed by atoms with Crippen LogP contribution in [0.2, 0.25) is 0 Å². The van der Waals surface area contributed by atoms with Crippen molar-refractivity contribution in [3.8, 4) is 17.0 Å². The van der Waals surface area contributed by atoms with Gasteiger partial charge in [0.15, 0.2) is 11.5 Å². The third kappa shape index (κ3) is 4.32. The number of allylic oxidation sites excluding steroid dienone is 1. The van der Waals surface area contributed by atoms with Gasteiger partial charge >= 0.3 is 0 Å². The van der Waals surface area contributed by atoms with Gasteiger partial charge in [-0.3, -0.25) is 14.5 Å². The number of likely N-dealkylation sites (tertiary alicyclic amines) is 1. The van der Waals surface area contributed by atoms with Gasteiger partial charge in [0.25, 0.3) is 0 Å². The summed E-state index contributed by atoms with van der Waals surface area (Å²) in [4.78, 5) is 21.7. The number of aliphatic imine (C=N–C) groups is 1. The Morgan fingerprint density at radius 1 is 1.32 bits per heavy atom. The van der Waals surface area contributed by atoms with Crippen LogP contribution < -0.4 is 4.74 Å². The van der Waals surface area contributed by atoms with Crippen molar-refractivity contribution in [1.82, 2.24) is 19.7 Å². The van der Waals surface area contributed by atoms with E-state index in [1.54, 1.807) is 23.9 Å². The van der Waals surface area contributed by atoms with E-state index in [-0.39, 0.29) is 49.1 Å². The number of alkyl halides is 1. The third-order valence-corrected chi connectivity index (χ3v) is 6.69. The number of aryl methyl sites for hydroxylation is 1. The van der Waals surface area contributed by atoms with E-state index in [4.69, 9.17) is 21.1 Å². The average Bonchev–Trinajstić information content (AvgIpc) is 3.32. The van der Waals surface area contributed by atoms with Gasteiger partial charge in [-0.1, -0.05) is 11.6 Å². The highest BCUT2D eigenvalue weighted by Gasteiger charge is 2.40. The van der Waals surface area contributed by atoms with Crippen molar-refractivity contribution >= 4 is 23.6 Å². The van der Waals surface area contributed by atoms with Crippen LogP contribution in [0.4, 0.5) is 8.78 Å². The Morgan fingerprint density at radius 3 is 2.85 bits per heavy atom. The standard InChI is InChI=1S/C23H24ClF2N5O3/c1-13-21(14(2)31(29-13)10-23(26)11-33-12-23)15-5-19(25)28-20(6-15)34-16-3-4-30(9-16)17-7-27-8-18(32)22(17)24/h5-7,16H,3-4,8-12H2,1-2H3/t16-/m1/s1. The molecule has 0 amide bonds. The molecule has 0 saturated carbocycles. The van der Waals surface area contributed by atoms with Crippen molar-refractivity contribution in [2.45, 2.75) is 38.6 Å². The summed E-state index contributed by atoms with van der Waals surface area (Å²) in [6, 6.07) is 2.99. The summed E-state index contributed by atoms with van der Waals surface area (Å²) >= 11 is 6.17. The molecule has 2 aromatic rings. The maximum Gasteiger partial charge on any atom is 0.216 e. The molecule has 0 aliphatic carbocycles. The molecule has 2 saturated heterocycles. The fourth-order valence-electron chi connectivity index (χ4n) is 4.55. The molecule has 0 radical (unpaired) electrons. The van der Waals surface area contributed by atoms with Crippen LogP contribution in [0, 0.1) is 19.8 Å². The number of nitrogens with zero attached hydrogens (tertiary/aromatic N) is 5. The lowest BCUT2D eigenvalue weighted by atomic mass is 10.0. The summed E-state index contributed by atoms with van der Waals surface area (Å²) in [6.07, 6.45) is 1.99. The minimum Gasteiger partial charge on any atom is -0.472 e. The summed E-state index contributed by atoms with van der Waals surface area (Å²) in [7, 11) is 0. The van der Waals surface area contributed by atoms with Gasteiger partial charge in [-0.05, 0) is 19.4 Å². The van der Waals surface area contributed by atoms with Crippen molar-refractivity contribution in [3.05, 3.63) is 40.2 Å². The highest BCUT2D eigenvalue weighted by atomic mass is 35.5. The van der Waals surface area contributed by atoms with Crippen LogP contribution in [0.3, 0.4) is 0 Å². The summed E-state index contributed by atoms with van der Waals surface area (Å²) in [5.74, 6) is -0.745. The fourth-order valence-corrected chi connectivity index (χ4v) is 4.78. The number of dihydropyridines is 1. The molecule has 2 aromatic heterocycles. The van der Waals surface area contributed by atoms with Crippen LogP contribution in [0.5, 0.6) is 5.88 Å². The van der Waals surface area contributed by atoms with Crippen molar-refractivity contribution in [2.75, 3.05) is 32.8 Å². The number of ketones is 1. The highest BCUT2D eigenvalue weighted by molar-refractivity contribution is 6.44. The maximum atomic E-state index is 14.6. The van der Waals surface area contributed by atoms with Gasteiger partial charge in [-0.2, -0.15) is 14.5 Å². The number of rotatable bonds is 6. The normalized spacial score (nSPS) is 21.9. The van der Waals surface area contributed by atoms with Gasteiger partial charge in [0.1, 0.15) is 17.7 Å². The smallest absolute Gasteiger partial charge is 0.216 e. The van der Waals surface area contributed by atoms with Gasteiger partial charge < -0.3 is 14.4 Å². The largest absolute Gasteiger partial charge is 0.472 e. The van der Waals surface area contributed by atoms with Crippen molar-refractivity contribution in [2.24, 2.45) is 4.99 Å². The SMILES string of the molecule is Cc1nn(CC2(F)COC2)c(C)c1-c1cc(F)nc(O[C@@H]2CCN(C3=C(Cl)C(=O)CN=C3)C2)c1. The van der Waals surface area contributed by atoms with Crippen LogP contribution in [0.25, 0.3) is 11.1 Å². The predicted molar refractivity (Wildman–Crippen MR) is 121 cm³/mol. The molecule has 2 fully saturated rings. The minimum absolute atomic E-state index is 0.0447. The Kier molecular flexibility index (Phi) is 5.89. The minimum atomic E-state index is -1.43. The first kappa shape index (κ1) is 22.9. The molecule has 0 bridgehead atoms. The first-order valence-electron chi connectivity index (χ1n) is 11.1. The quantitative estimate of drug-likeness (QED) is 0.578. The Morgan fingerprint density at radius 2 is 2.12 bits per heavy atom. The topological polar surface area (TPSA) is 81.8 Å². The van der Waals surface area contributed by atoms with Crippen molar-refractivity contribution < 1.29 is 23.0 Å². The molecule has 0 spiro atoms. The van der Waals surface area contributed by atoms with Crippen LogP contribution in [0.15, 0.2) is 27.9 Å². The molecule has 180 valence electrons. The number of pyridine rings is 1. The average molecular weight is 492 g/mol. The molecule has 5 heterocycles. The highest BCUT2D eigenvalue weighted by Crippen LogP contribution is 2.33. The molecule has 5 rings (SSSR count). The number of ether oxygens (including phenoxy) is 2. The molecular weight excluding hydrogens is 468 g/mol. The lowest BCUT2D eigenvalue weighted by Gasteiger charge is -2.33. The third-order valence-electron chi connectivity index (χ3n) is 6.29. The molecule has 0 aromatic carbocycles. The van der Waals surface area contributed by atoms with Crippen LogP contribution in [-0.2, 0) is 16.1 Å². The van der Waals surface area contributed by atoms with Crippen LogP contribution in [0.1, 0.15) is 17.8 Å². The molecule has 3 aliphatic heterocycles. The second kappa shape index (κ2) is 8.74. The first-order valence-corrected chi connectivity index (χ1v) is 11.4. The van der Waals surface area contributed by atoms with E-state index in [2.05, 4.69) is 15.1 Å². The van der Waals surface area contributed by atoms with E-state index in [0.717, 1.165) is 11.3 Å². The Labute approximate surface area is 200 Å². The molecule has 34 heavy (non-hydrogen) atoms. The molecule has 3 aliphatic rings. The number of halogens is 3. The predicted octanol–water partition coefficient (Wildman–Crippen LogP) is 3.00. The Balaban J connectivity index is 1.34. The summed E-state index contributed by atoms with van der Waals surface area (Å²) < 4.78 is 41.6. The fraction of sp³-hybridized carbons (Fsp3) is 0.478. The van der Waals surface area contributed by atoms with Gasteiger partial charge in [0.2, 0.25) is 11.8 Å². The number of hydrogen-bond donors (Lipinski definition) is 0. The van der Waals surface area contributed by atoms with Crippen molar-refractivity contribution in [1.29, 1.82) is 0 Å². The van der Waals surface area contributed by atoms with Crippen LogP contribution >= 0.6 is 11.6 Å². The lowest BCUT2D eigenvalue weighted by Crippen LogP contribution is -2.49. The van der Waals surface area contributed by atoms with Crippen LogP contribution in [-0.4, -0.2) is 76.3 Å². The zero-order chi connectivity index (χ0) is 24.0. The summed E-state index contributed by atoms with van der Waals surface area (Å²) in [6.45, 7) is 4.95. The Bertz CT molecular complexity index is 1210. The van der Waals surface area contributed by atoms with Gasteiger partial charge in [-0.15, -0.1) is 0 Å². The molecule has 1 atom stereocenters. The number of carbonyl (C=O) groups excluding carboxylic acids is 1. The van der Waals surface area contributed by atoms with E-state index >= 15 is 0 Å². The molecule has 11 heteroatoms. The molecule has 8 nitrogen and oxygen atoms in total. The number of Topliss-reactive ketones (excluding diaryl/α,β-unsaturated/α-hetero) is 1. The Hall–Kier alpha value is -2.85. The van der Waals surface area contributed by atoms with E-state index in [0.29, 0.717) is 36.5 Å².